The van der Waals surface area contributed by atoms with E-state index < -0.39 is 57.9 Å². The fourth-order valence-electron chi connectivity index (χ4n) is 5.90. The van der Waals surface area contributed by atoms with E-state index in [1.54, 1.807) is 20.2 Å². The van der Waals surface area contributed by atoms with Gasteiger partial charge in [-0.3, -0.25) is 19.3 Å². The second-order valence-electron chi connectivity index (χ2n) is 9.99. The van der Waals surface area contributed by atoms with Crippen molar-refractivity contribution in [1.29, 1.82) is 0 Å². The molecule has 0 unspecified atom stereocenters. The number of phenols is 1. The lowest BCUT2D eigenvalue weighted by Crippen LogP contribution is -2.65. The summed E-state index contributed by atoms with van der Waals surface area (Å²) in [4.78, 5) is 42.6. The summed E-state index contributed by atoms with van der Waals surface area (Å²) in [5.41, 5.74) is -1.54. The Hall–Kier alpha value is -3.01. The number of carbonyl (C=O) groups is 3. The molecule has 1 fully saturated rings. The molecule has 34 heavy (non-hydrogen) atoms. The predicted octanol–water partition coefficient (Wildman–Crippen LogP) is 1.13. The fourth-order valence-corrected chi connectivity index (χ4v) is 5.90. The van der Waals surface area contributed by atoms with Gasteiger partial charge in [-0.05, 0) is 71.1 Å². The molecule has 1 aromatic rings. The molecular weight excluding hydrogens is 440 g/mol. The average Bonchev–Trinajstić information content (AvgIpc) is 2.72. The van der Waals surface area contributed by atoms with E-state index in [2.05, 4.69) is 0 Å². The first-order chi connectivity index (χ1) is 15.8. The fraction of sp³-hybridized carbons (Fsp3) is 0.480. The van der Waals surface area contributed by atoms with Crippen LogP contribution in [-0.4, -0.2) is 87.4 Å². The van der Waals surface area contributed by atoms with Crippen LogP contribution in [0, 0.1) is 11.8 Å². The summed E-state index contributed by atoms with van der Waals surface area (Å²) < 4.78 is 0. The molecule has 0 saturated heterocycles. The van der Waals surface area contributed by atoms with Gasteiger partial charge < -0.3 is 25.3 Å². The quantitative estimate of drug-likeness (QED) is 0.477. The first-order valence-electron chi connectivity index (χ1n) is 11.2. The zero-order chi connectivity index (χ0) is 25.3. The van der Waals surface area contributed by atoms with Gasteiger partial charge in [0, 0.05) is 18.0 Å². The Morgan fingerprint density at radius 2 is 1.76 bits per heavy atom. The highest BCUT2D eigenvalue weighted by atomic mass is 16.3. The van der Waals surface area contributed by atoms with Crippen LogP contribution in [0.5, 0.6) is 5.75 Å². The van der Waals surface area contributed by atoms with Crippen molar-refractivity contribution in [3.63, 3.8) is 0 Å². The summed E-state index contributed by atoms with van der Waals surface area (Å²) in [6.07, 6.45) is 0.422. The van der Waals surface area contributed by atoms with E-state index in [0.717, 1.165) is 12.5 Å². The minimum absolute atomic E-state index is 0.107. The van der Waals surface area contributed by atoms with Crippen LogP contribution in [0.25, 0.3) is 5.76 Å². The van der Waals surface area contributed by atoms with Crippen LogP contribution in [-0.2, 0) is 27.3 Å². The highest BCUT2D eigenvalue weighted by molar-refractivity contribution is 6.25. The number of aliphatic hydroxyl groups is 3. The molecule has 0 heterocycles. The molecule has 4 atom stereocenters. The monoisotopic (exact) mass is 470 g/mol. The topological polar surface area (TPSA) is 139 Å². The molecule has 9 nitrogen and oxygen atoms in total. The summed E-state index contributed by atoms with van der Waals surface area (Å²) in [5.74, 6) is -5.53. The third kappa shape index (κ3) is 3.22. The number of aliphatic hydroxyl groups excluding tert-OH is 2. The van der Waals surface area contributed by atoms with Crippen molar-refractivity contribution in [3.8, 4) is 5.75 Å². The molecule has 0 radical (unpaired) electrons. The largest absolute Gasteiger partial charge is 0.508 e. The zero-order valence-corrected chi connectivity index (χ0v) is 19.9. The maximum atomic E-state index is 13.8. The second kappa shape index (κ2) is 8.04. The van der Waals surface area contributed by atoms with Gasteiger partial charge in [0.1, 0.15) is 22.8 Å². The maximum absolute atomic E-state index is 13.8. The number of rotatable bonds is 4. The Balaban J connectivity index is 1.96. The lowest BCUT2D eigenvalue weighted by molar-refractivity contribution is -0.153. The van der Waals surface area contributed by atoms with Crippen LogP contribution in [0.4, 0.5) is 0 Å². The molecule has 1 saturated carbocycles. The maximum Gasteiger partial charge on any atom is 0.202 e. The molecule has 0 aliphatic heterocycles. The Morgan fingerprint density at radius 1 is 1.12 bits per heavy atom. The van der Waals surface area contributed by atoms with Gasteiger partial charge in [-0.1, -0.05) is 6.07 Å². The molecule has 4 rings (SSSR count). The summed E-state index contributed by atoms with van der Waals surface area (Å²) in [6.45, 7) is 1.64. The molecule has 182 valence electrons. The van der Waals surface area contributed by atoms with Gasteiger partial charge in [0.25, 0.3) is 0 Å². The minimum Gasteiger partial charge on any atom is -0.508 e. The normalized spacial score (nSPS) is 28.9. The van der Waals surface area contributed by atoms with Crippen molar-refractivity contribution >= 4 is 23.1 Å². The van der Waals surface area contributed by atoms with Crippen LogP contribution < -0.4 is 0 Å². The average molecular weight is 471 g/mol. The molecule has 0 bridgehead atoms. The Labute approximate surface area is 197 Å². The van der Waals surface area contributed by atoms with E-state index in [1.165, 1.54) is 11.0 Å². The number of nitrogens with zero attached hydrogens (tertiary/aromatic N) is 2. The van der Waals surface area contributed by atoms with Crippen molar-refractivity contribution in [2.24, 2.45) is 11.8 Å². The number of aromatic hydroxyl groups is 1. The summed E-state index contributed by atoms with van der Waals surface area (Å²) >= 11 is 0. The van der Waals surface area contributed by atoms with Gasteiger partial charge in [-0.25, -0.2) is 0 Å². The first-order valence-corrected chi connectivity index (χ1v) is 11.2. The second-order valence-corrected chi connectivity index (χ2v) is 9.99. The smallest absolute Gasteiger partial charge is 0.202 e. The van der Waals surface area contributed by atoms with Crippen LogP contribution in [0.2, 0.25) is 0 Å². The Kier molecular flexibility index (Phi) is 5.70. The molecule has 4 N–H and O–H groups in total. The first kappa shape index (κ1) is 24.1. The number of ketones is 3. The van der Waals surface area contributed by atoms with Crippen LogP contribution >= 0.6 is 0 Å². The highest BCUT2D eigenvalue weighted by Crippen LogP contribution is 2.53. The summed E-state index contributed by atoms with van der Waals surface area (Å²) in [7, 11) is 7.01. The Morgan fingerprint density at radius 3 is 2.32 bits per heavy atom. The molecular formula is C25H30N2O7. The number of Topliss-reactive ketones (excluding diaryl/α,β-unsaturated/α-hetero) is 3. The standard InChI is InChI=1S/C25H30N2O7/c1-11(28)17-22(31)20(27(4)5)15-9-13-8-14-12(10-26(2)3)6-7-16(29)19(14)21(30)18(13)24(33)25(15,34)23(17)32/h6-7,13,15,20,29-30,32,34H,8-10H2,1-5H3/t13-,15-,20-,25+/m0/s1. The predicted molar refractivity (Wildman–Crippen MR) is 123 cm³/mol. The van der Waals surface area contributed by atoms with E-state index in [-0.39, 0.29) is 23.3 Å². The SMILES string of the molecule is CC(=O)C1=C(O)[C@@]2(O)C(=O)C3=C(O)c4c(O)ccc(CN(C)C)c4C[C@H]3C[C@H]2[C@H](N(C)C)C1=O. The van der Waals surface area contributed by atoms with Gasteiger partial charge in [-0.2, -0.15) is 0 Å². The van der Waals surface area contributed by atoms with E-state index in [0.29, 0.717) is 18.5 Å². The van der Waals surface area contributed by atoms with Crippen LogP contribution in [0.15, 0.2) is 29.0 Å². The van der Waals surface area contributed by atoms with Gasteiger partial charge >= 0.3 is 0 Å². The molecule has 0 aromatic heterocycles. The van der Waals surface area contributed by atoms with E-state index in [1.807, 2.05) is 19.0 Å². The summed E-state index contributed by atoms with van der Waals surface area (Å²) in [6, 6.07) is 2.21. The zero-order valence-electron chi connectivity index (χ0n) is 19.9. The minimum atomic E-state index is -2.54. The van der Waals surface area contributed by atoms with Crippen molar-refractivity contribution in [2.45, 2.75) is 38.0 Å². The van der Waals surface area contributed by atoms with E-state index in [9.17, 15) is 34.8 Å². The number of fused-ring (bicyclic) bond motifs is 3. The molecule has 1 aromatic carbocycles. The molecule has 3 aliphatic rings. The molecule has 0 spiro atoms. The van der Waals surface area contributed by atoms with Crippen LogP contribution in [0.1, 0.15) is 30.0 Å². The number of phenolic OH excluding ortho intramolecular Hbond substituents is 1. The number of carbonyl (C=O) groups excluding carboxylic acids is 3. The third-order valence-corrected chi connectivity index (χ3v) is 7.29. The number of hydrogen-bond acceptors (Lipinski definition) is 9. The molecule has 9 heteroatoms. The van der Waals surface area contributed by atoms with Gasteiger partial charge in [0.15, 0.2) is 17.2 Å². The Bertz CT molecular complexity index is 1180. The lowest BCUT2D eigenvalue weighted by atomic mass is 9.57. The number of benzene rings is 1. The van der Waals surface area contributed by atoms with Crippen molar-refractivity contribution in [1.82, 2.24) is 9.80 Å². The van der Waals surface area contributed by atoms with Crippen molar-refractivity contribution in [3.05, 3.63) is 45.7 Å². The van der Waals surface area contributed by atoms with Gasteiger partial charge in [-0.15, -0.1) is 0 Å². The van der Waals surface area contributed by atoms with E-state index >= 15 is 0 Å². The lowest BCUT2D eigenvalue weighted by Gasteiger charge is -2.50. The third-order valence-electron chi connectivity index (χ3n) is 7.29. The van der Waals surface area contributed by atoms with Gasteiger partial charge in [0.2, 0.25) is 5.78 Å². The number of likely N-dealkylation sites (N-methyl/N-ethyl adjacent to an activating group) is 1. The van der Waals surface area contributed by atoms with Crippen molar-refractivity contribution < 1.29 is 34.8 Å². The number of hydrogen-bond donors (Lipinski definition) is 4. The van der Waals surface area contributed by atoms with Crippen molar-refractivity contribution in [2.75, 3.05) is 28.2 Å². The summed E-state index contributed by atoms with van der Waals surface area (Å²) in [5, 5.41) is 44.3. The van der Waals surface area contributed by atoms with E-state index in [4.69, 9.17) is 0 Å². The molecule has 0 amide bonds. The highest BCUT2D eigenvalue weighted by Gasteiger charge is 2.64. The van der Waals surface area contributed by atoms with Crippen LogP contribution in [0.3, 0.4) is 0 Å². The van der Waals surface area contributed by atoms with Gasteiger partial charge in [0.05, 0.1) is 11.6 Å². The molecule has 3 aliphatic carbocycles.